The van der Waals surface area contributed by atoms with Crippen molar-refractivity contribution in [2.24, 2.45) is 33.5 Å². The molecule has 0 spiro atoms. The molecular weight excluding hydrogens is 524 g/mol. The van der Waals surface area contributed by atoms with E-state index in [1.807, 2.05) is 0 Å². The lowest BCUT2D eigenvalue weighted by Crippen LogP contribution is -2.40. The zero-order valence-electron chi connectivity index (χ0n) is 29.8. The van der Waals surface area contributed by atoms with Crippen molar-refractivity contribution in [3.63, 3.8) is 0 Å². The second kappa shape index (κ2) is 18.0. The molecular formula is C36H70N2O4. The van der Waals surface area contributed by atoms with Crippen LogP contribution >= 0.6 is 0 Å². The highest BCUT2D eigenvalue weighted by atomic mass is 16.5. The van der Waals surface area contributed by atoms with Crippen molar-refractivity contribution >= 4 is 11.9 Å². The maximum Gasteiger partial charge on any atom is 0.307 e. The van der Waals surface area contributed by atoms with Gasteiger partial charge in [-0.15, -0.1) is 0 Å². The van der Waals surface area contributed by atoms with Gasteiger partial charge in [0.1, 0.15) is 0 Å². The maximum atomic E-state index is 12.3. The van der Waals surface area contributed by atoms with Crippen LogP contribution in [0.25, 0.3) is 0 Å². The summed E-state index contributed by atoms with van der Waals surface area (Å²) in [5, 5.41) is 3.59. The summed E-state index contributed by atoms with van der Waals surface area (Å²) in [7, 11) is 0. The molecule has 0 saturated carbocycles. The SMILES string of the molecule is CCCC(CNCCC(=O)OCCC(C)(C)CC)C(C)(C)CC(C)(C)C1CCN(CCC(=O)OCCC(C)(C)CC)C1. The van der Waals surface area contributed by atoms with E-state index in [4.69, 9.17) is 9.47 Å². The fraction of sp³-hybridized carbons (Fsp3) is 0.944. The van der Waals surface area contributed by atoms with Crippen molar-refractivity contribution in [2.45, 2.75) is 140 Å². The molecule has 0 aromatic rings. The Labute approximate surface area is 260 Å². The first-order valence-electron chi connectivity index (χ1n) is 17.2. The van der Waals surface area contributed by atoms with E-state index in [-0.39, 0.29) is 33.6 Å². The van der Waals surface area contributed by atoms with Gasteiger partial charge in [0.05, 0.1) is 26.1 Å². The van der Waals surface area contributed by atoms with Gasteiger partial charge >= 0.3 is 11.9 Å². The molecule has 6 heteroatoms. The van der Waals surface area contributed by atoms with Crippen molar-refractivity contribution in [3.8, 4) is 0 Å². The number of nitrogens with one attached hydrogen (secondary N) is 1. The topological polar surface area (TPSA) is 67.9 Å². The molecule has 2 atom stereocenters. The number of rotatable bonds is 22. The number of ether oxygens (including phenoxy) is 2. The highest BCUT2D eigenvalue weighted by Crippen LogP contribution is 2.47. The molecule has 0 amide bonds. The van der Waals surface area contributed by atoms with Gasteiger partial charge in [0, 0.05) is 19.6 Å². The van der Waals surface area contributed by atoms with Gasteiger partial charge < -0.3 is 19.7 Å². The zero-order valence-corrected chi connectivity index (χ0v) is 29.8. The highest BCUT2D eigenvalue weighted by Gasteiger charge is 2.41. The Morgan fingerprint density at radius 1 is 0.857 bits per heavy atom. The maximum absolute atomic E-state index is 12.3. The number of carbonyl (C=O) groups is 2. The summed E-state index contributed by atoms with van der Waals surface area (Å²) in [4.78, 5) is 27.0. The summed E-state index contributed by atoms with van der Waals surface area (Å²) < 4.78 is 11.0. The van der Waals surface area contributed by atoms with E-state index in [1.165, 1.54) is 12.8 Å². The highest BCUT2D eigenvalue weighted by molar-refractivity contribution is 5.69. The van der Waals surface area contributed by atoms with Crippen LogP contribution in [0.4, 0.5) is 0 Å². The van der Waals surface area contributed by atoms with Gasteiger partial charge in [0.2, 0.25) is 0 Å². The van der Waals surface area contributed by atoms with E-state index >= 15 is 0 Å². The van der Waals surface area contributed by atoms with Crippen molar-refractivity contribution < 1.29 is 19.1 Å². The third-order valence-electron chi connectivity index (χ3n) is 10.6. The minimum absolute atomic E-state index is 0.0608. The number of esters is 2. The standard InChI is InChI=1S/C36H70N2O4/c1-12-15-29(26-37-21-16-31(39)41-24-19-33(4,5)13-2)35(8,9)28-36(10,11)30-17-22-38(27-30)23-18-32(40)42-25-20-34(6,7)14-3/h29-30,37H,12-28H2,1-11H3. The van der Waals surface area contributed by atoms with E-state index in [1.54, 1.807) is 0 Å². The van der Waals surface area contributed by atoms with Crippen LogP contribution in [0.15, 0.2) is 0 Å². The first-order chi connectivity index (χ1) is 19.5. The van der Waals surface area contributed by atoms with Crippen LogP contribution in [-0.2, 0) is 19.1 Å². The smallest absolute Gasteiger partial charge is 0.307 e. The van der Waals surface area contributed by atoms with Gasteiger partial charge in [0.25, 0.3) is 0 Å². The summed E-state index contributed by atoms with van der Waals surface area (Å²) in [6.45, 7) is 30.9. The third-order valence-corrected chi connectivity index (χ3v) is 10.6. The molecule has 0 aliphatic carbocycles. The fourth-order valence-electron chi connectivity index (χ4n) is 6.35. The van der Waals surface area contributed by atoms with Crippen LogP contribution in [0.5, 0.6) is 0 Å². The van der Waals surface area contributed by atoms with E-state index in [2.05, 4.69) is 86.4 Å². The predicted molar refractivity (Wildman–Crippen MR) is 177 cm³/mol. The average molecular weight is 595 g/mol. The fourth-order valence-corrected chi connectivity index (χ4v) is 6.35. The molecule has 1 rings (SSSR count). The number of nitrogens with zero attached hydrogens (tertiary/aromatic N) is 1. The molecule has 0 radical (unpaired) electrons. The summed E-state index contributed by atoms with van der Waals surface area (Å²) in [6.07, 6.45) is 9.63. The lowest BCUT2D eigenvalue weighted by molar-refractivity contribution is -0.145. The lowest BCUT2D eigenvalue weighted by Gasteiger charge is -2.43. The quantitative estimate of drug-likeness (QED) is 0.100. The third kappa shape index (κ3) is 15.0. The molecule has 1 heterocycles. The Morgan fingerprint density at radius 2 is 1.40 bits per heavy atom. The number of likely N-dealkylation sites (tertiary alicyclic amines) is 1. The van der Waals surface area contributed by atoms with Crippen LogP contribution in [0.2, 0.25) is 0 Å². The summed E-state index contributed by atoms with van der Waals surface area (Å²) in [5.74, 6) is 1.02. The molecule has 1 aliphatic heterocycles. The van der Waals surface area contributed by atoms with Gasteiger partial charge in [-0.3, -0.25) is 9.59 Å². The van der Waals surface area contributed by atoms with Crippen LogP contribution < -0.4 is 5.32 Å². The molecule has 1 N–H and O–H groups in total. The molecule has 1 aliphatic rings. The van der Waals surface area contributed by atoms with Crippen molar-refractivity contribution in [3.05, 3.63) is 0 Å². The van der Waals surface area contributed by atoms with E-state index < -0.39 is 0 Å². The Hall–Kier alpha value is -1.14. The van der Waals surface area contributed by atoms with Gasteiger partial charge in [-0.1, -0.05) is 95.4 Å². The molecule has 0 bridgehead atoms. The van der Waals surface area contributed by atoms with Crippen LogP contribution in [-0.4, -0.2) is 62.8 Å². The van der Waals surface area contributed by atoms with Crippen molar-refractivity contribution in [1.29, 1.82) is 0 Å². The summed E-state index contributed by atoms with van der Waals surface area (Å²) >= 11 is 0. The summed E-state index contributed by atoms with van der Waals surface area (Å²) in [5.41, 5.74) is 0.851. The average Bonchev–Trinajstić information content (AvgIpc) is 3.39. The van der Waals surface area contributed by atoms with Gasteiger partial charge in [-0.25, -0.2) is 0 Å². The van der Waals surface area contributed by atoms with Gasteiger partial charge in [-0.05, 0) is 78.7 Å². The second-order valence-electron chi connectivity index (χ2n) is 16.1. The largest absolute Gasteiger partial charge is 0.466 e. The first-order valence-corrected chi connectivity index (χ1v) is 17.2. The Bertz CT molecular complexity index is 789. The van der Waals surface area contributed by atoms with Gasteiger partial charge in [0.15, 0.2) is 0 Å². The molecule has 0 aromatic carbocycles. The van der Waals surface area contributed by atoms with E-state index in [0.29, 0.717) is 44.4 Å². The first kappa shape index (κ1) is 38.9. The number of hydrogen-bond acceptors (Lipinski definition) is 6. The predicted octanol–water partition coefficient (Wildman–Crippen LogP) is 8.28. The Morgan fingerprint density at radius 3 is 1.93 bits per heavy atom. The normalized spacial score (nSPS) is 17.8. The molecule has 1 saturated heterocycles. The van der Waals surface area contributed by atoms with Crippen LogP contribution in [0, 0.1) is 33.5 Å². The lowest BCUT2D eigenvalue weighted by atomic mass is 9.63. The van der Waals surface area contributed by atoms with Crippen molar-refractivity contribution in [2.75, 3.05) is 45.9 Å². The Kier molecular flexibility index (Phi) is 16.6. The Balaban J connectivity index is 2.49. The molecule has 248 valence electrons. The number of hydrogen-bond donors (Lipinski definition) is 1. The van der Waals surface area contributed by atoms with E-state index in [9.17, 15) is 9.59 Å². The molecule has 1 fully saturated rings. The molecule has 2 unspecified atom stereocenters. The molecule has 42 heavy (non-hydrogen) atoms. The molecule has 0 aromatic heterocycles. The minimum atomic E-state index is -0.0960. The van der Waals surface area contributed by atoms with Crippen molar-refractivity contribution in [1.82, 2.24) is 10.2 Å². The zero-order chi connectivity index (χ0) is 32.0. The van der Waals surface area contributed by atoms with Crippen LogP contribution in [0.3, 0.4) is 0 Å². The summed E-state index contributed by atoms with van der Waals surface area (Å²) in [6, 6.07) is 0. The van der Waals surface area contributed by atoms with Crippen LogP contribution in [0.1, 0.15) is 140 Å². The monoisotopic (exact) mass is 595 g/mol. The number of carbonyl (C=O) groups excluding carboxylic acids is 2. The minimum Gasteiger partial charge on any atom is -0.466 e. The van der Waals surface area contributed by atoms with Gasteiger partial charge in [-0.2, -0.15) is 0 Å². The second-order valence-corrected chi connectivity index (χ2v) is 16.1. The molecule has 6 nitrogen and oxygen atoms in total. The van der Waals surface area contributed by atoms with E-state index in [0.717, 1.165) is 64.7 Å².